The molecule has 2 saturated heterocycles. The minimum atomic E-state index is 0.528. The highest BCUT2D eigenvalue weighted by Crippen LogP contribution is 2.32. The summed E-state index contributed by atoms with van der Waals surface area (Å²) in [6, 6.07) is 4.97. The molecule has 19 heavy (non-hydrogen) atoms. The Balaban J connectivity index is 1.77. The Morgan fingerprint density at radius 1 is 1.37 bits per heavy atom. The number of hydrogen-bond donors (Lipinski definition) is 1. The Hall–Kier alpha value is -1.13. The van der Waals surface area contributed by atoms with Gasteiger partial charge in [-0.15, -0.1) is 0 Å². The van der Waals surface area contributed by atoms with Gasteiger partial charge in [-0.2, -0.15) is 0 Å². The van der Waals surface area contributed by atoms with Crippen LogP contribution in [0.4, 0.5) is 5.69 Å². The molecule has 0 saturated carbocycles. The van der Waals surface area contributed by atoms with E-state index in [1.807, 2.05) is 12.3 Å². The molecule has 104 valence electrons. The van der Waals surface area contributed by atoms with Gasteiger partial charge in [0.1, 0.15) is 0 Å². The second kappa shape index (κ2) is 5.47. The van der Waals surface area contributed by atoms with Gasteiger partial charge >= 0.3 is 0 Å². The highest BCUT2D eigenvalue weighted by Gasteiger charge is 2.34. The van der Waals surface area contributed by atoms with E-state index in [-0.39, 0.29) is 0 Å². The predicted octanol–water partition coefficient (Wildman–Crippen LogP) is 1.46. The number of hydrogen-bond acceptors (Lipinski definition) is 4. The predicted molar refractivity (Wildman–Crippen MR) is 78.1 cm³/mol. The molecule has 0 amide bonds. The van der Waals surface area contributed by atoms with Gasteiger partial charge in [0.2, 0.25) is 0 Å². The fourth-order valence-corrected chi connectivity index (χ4v) is 3.75. The molecule has 0 aliphatic carbocycles. The van der Waals surface area contributed by atoms with Crippen LogP contribution in [-0.2, 0) is 6.54 Å². The molecular formula is C15H24N4. The maximum Gasteiger partial charge on any atom is 0.0772 e. The molecule has 0 aromatic carbocycles. The fraction of sp³-hybridized carbons (Fsp3) is 0.667. The number of aromatic nitrogens is 1. The van der Waals surface area contributed by atoms with Crippen LogP contribution in [0.2, 0.25) is 0 Å². The van der Waals surface area contributed by atoms with E-state index < -0.39 is 0 Å². The Labute approximate surface area is 115 Å². The fourth-order valence-electron chi connectivity index (χ4n) is 3.75. The molecule has 4 heteroatoms. The van der Waals surface area contributed by atoms with Crippen LogP contribution in [0.15, 0.2) is 18.3 Å². The molecule has 4 nitrogen and oxygen atoms in total. The van der Waals surface area contributed by atoms with E-state index in [0.29, 0.717) is 6.54 Å². The molecule has 2 fully saturated rings. The SMILES string of the molecule is CN1CCCC2CN(c3cccnc3CN)CCC21. The summed E-state index contributed by atoms with van der Waals surface area (Å²) < 4.78 is 0. The van der Waals surface area contributed by atoms with Gasteiger partial charge in [-0.05, 0) is 50.9 Å². The van der Waals surface area contributed by atoms with Crippen molar-refractivity contribution in [2.24, 2.45) is 11.7 Å². The van der Waals surface area contributed by atoms with Crippen LogP contribution in [0.25, 0.3) is 0 Å². The van der Waals surface area contributed by atoms with Crippen molar-refractivity contribution in [3.63, 3.8) is 0 Å². The van der Waals surface area contributed by atoms with E-state index in [9.17, 15) is 0 Å². The first kappa shape index (κ1) is 12.9. The minimum Gasteiger partial charge on any atom is -0.370 e. The van der Waals surface area contributed by atoms with Crippen LogP contribution < -0.4 is 10.6 Å². The van der Waals surface area contributed by atoms with E-state index in [4.69, 9.17) is 5.73 Å². The van der Waals surface area contributed by atoms with Gasteiger partial charge < -0.3 is 15.5 Å². The van der Waals surface area contributed by atoms with Crippen LogP contribution in [0.3, 0.4) is 0 Å². The van der Waals surface area contributed by atoms with Crippen LogP contribution >= 0.6 is 0 Å². The highest BCUT2D eigenvalue weighted by molar-refractivity contribution is 5.51. The molecule has 2 N–H and O–H groups in total. The highest BCUT2D eigenvalue weighted by atomic mass is 15.2. The number of pyridine rings is 1. The summed E-state index contributed by atoms with van der Waals surface area (Å²) in [5.41, 5.74) is 8.09. The molecule has 2 aliphatic heterocycles. The summed E-state index contributed by atoms with van der Waals surface area (Å²) in [5, 5.41) is 0. The Bertz CT molecular complexity index is 434. The lowest BCUT2D eigenvalue weighted by Gasteiger charge is -2.46. The third-order valence-corrected chi connectivity index (χ3v) is 4.75. The van der Waals surface area contributed by atoms with Crippen molar-refractivity contribution in [3.8, 4) is 0 Å². The van der Waals surface area contributed by atoms with Crippen molar-refractivity contribution in [3.05, 3.63) is 24.0 Å². The summed E-state index contributed by atoms with van der Waals surface area (Å²) in [6.45, 7) is 4.08. The molecule has 2 unspecified atom stereocenters. The molecule has 0 spiro atoms. The Morgan fingerprint density at radius 2 is 2.26 bits per heavy atom. The molecule has 2 atom stereocenters. The van der Waals surface area contributed by atoms with Crippen LogP contribution in [0.5, 0.6) is 0 Å². The van der Waals surface area contributed by atoms with Gasteiger partial charge in [-0.1, -0.05) is 0 Å². The topological polar surface area (TPSA) is 45.4 Å². The lowest BCUT2D eigenvalue weighted by atomic mass is 9.84. The quantitative estimate of drug-likeness (QED) is 0.874. The summed E-state index contributed by atoms with van der Waals surface area (Å²) in [4.78, 5) is 9.46. The van der Waals surface area contributed by atoms with E-state index in [2.05, 4.69) is 27.9 Å². The molecule has 1 aromatic rings. The first-order valence-corrected chi connectivity index (χ1v) is 7.38. The van der Waals surface area contributed by atoms with Crippen molar-refractivity contribution in [1.82, 2.24) is 9.88 Å². The zero-order chi connectivity index (χ0) is 13.2. The Kier molecular flexibility index (Phi) is 3.71. The molecule has 3 rings (SSSR count). The third-order valence-electron chi connectivity index (χ3n) is 4.75. The van der Waals surface area contributed by atoms with Gasteiger partial charge in [0, 0.05) is 31.9 Å². The smallest absolute Gasteiger partial charge is 0.0772 e. The minimum absolute atomic E-state index is 0.528. The molecule has 1 aromatic heterocycles. The normalized spacial score (nSPS) is 28.2. The second-order valence-corrected chi connectivity index (χ2v) is 5.86. The van der Waals surface area contributed by atoms with Gasteiger partial charge in [-0.25, -0.2) is 0 Å². The van der Waals surface area contributed by atoms with Crippen molar-refractivity contribution in [2.75, 3.05) is 31.6 Å². The van der Waals surface area contributed by atoms with E-state index in [1.54, 1.807) is 0 Å². The summed E-state index contributed by atoms with van der Waals surface area (Å²) in [7, 11) is 2.28. The van der Waals surface area contributed by atoms with Crippen molar-refractivity contribution >= 4 is 5.69 Å². The van der Waals surface area contributed by atoms with Crippen molar-refractivity contribution < 1.29 is 0 Å². The summed E-state index contributed by atoms with van der Waals surface area (Å²) >= 11 is 0. The number of nitrogens with zero attached hydrogens (tertiary/aromatic N) is 3. The number of piperidine rings is 2. The van der Waals surface area contributed by atoms with Crippen molar-refractivity contribution in [1.29, 1.82) is 0 Å². The number of anilines is 1. The number of fused-ring (bicyclic) bond motifs is 1. The molecule has 0 bridgehead atoms. The van der Waals surface area contributed by atoms with Crippen LogP contribution in [0.1, 0.15) is 25.0 Å². The van der Waals surface area contributed by atoms with E-state index >= 15 is 0 Å². The number of nitrogens with two attached hydrogens (primary N) is 1. The van der Waals surface area contributed by atoms with Gasteiger partial charge in [0.15, 0.2) is 0 Å². The molecule has 0 radical (unpaired) electrons. The van der Waals surface area contributed by atoms with Gasteiger partial charge in [-0.3, -0.25) is 4.98 Å². The third kappa shape index (κ3) is 2.47. The zero-order valence-electron chi connectivity index (χ0n) is 11.8. The number of rotatable bonds is 2. The standard InChI is InChI=1S/C15H24N4/c1-18-8-3-4-12-11-19(9-6-14(12)18)15-5-2-7-17-13(15)10-16/h2,5,7,12,14H,3-4,6,8-11,16H2,1H3. The lowest BCUT2D eigenvalue weighted by Crippen LogP contribution is -2.53. The van der Waals surface area contributed by atoms with Crippen LogP contribution in [-0.4, -0.2) is 42.6 Å². The van der Waals surface area contributed by atoms with E-state index in [1.165, 1.54) is 31.5 Å². The lowest BCUT2D eigenvalue weighted by molar-refractivity contribution is 0.102. The second-order valence-electron chi connectivity index (χ2n) is 5.86. The average molecular weight is 260 g/mol. The molecule has 2 aliphatic rings. The first-order valence-electron chi connectivity index (χ1n) is 7.38. The molecule has 3 heterocycles. The van der Waals surface area contributed by atoms with Crippen molar-refractivity contribution in [2.45, 2.75) is 31.8 Å². The van der Waals surface area contributed by atoms with Gasteiger partial charge in [0.25, 0.3) is 0 Å². The maximum atomic E-state index is 5.81. The zero-order valence-corrected chi connectivity index (χ0v) is 11.8. The largest absolute Gasteiger partial charge is 0.370 e. The number of likely N-dealkylation sites (tertiary alicyclic amines) is 1. The Morgan fingerprint density at radius 3 is 3.11 bits per heavy atom. The molecular weight excluding hydrogens is 236 g/mol. The summed E-state index contributed by atoms with van der Waals surface area (Å²) in [5.74, 6) is 0.804. The first-order chi connectivity index (χ1) is 9.29. The summed E-state index contributed by atoms with van der Waals surface area (Å²) in [6.07, 6.45) is 5.80. The maximum absolute atomic E-state index is 5.81. The monoisotopic (exact) mass is 260 g/mol. The van der Waals surface area contributed by atoms with Gasteiger partial charge in [0.05, 0.1) is 11.4 Å². The average Bonchev–Trinajstić information content (AvgIpc) is 2.47. The van der Waals surface area contributed by atoms with E-state index in [0.717, 1.165) is 30.7 Å². The van der Waals surface area contributed by atoms with Crippen LogP contribution in [0, 0.1) is 5.92 Å².